The second kappa shape index (κ2) is 6.49. The van der Waals surface area contributed by atoms with Crippen molar-refractivity contribution in [2.45, 2.75) is 0 Å². The van der Waals surface area contributed by atoms with E-state index in [4.69, 9.17) is 0 Å². The van der Waals surface area contributed by atoms with Crippen molar-refractivity contribution < 1.29 is 9.59 Å². The Balaban J connectivity index is 1.67. The molecule has 1 fully saturated rings. The van der Waals surface area contributed by atoms with Crippen molar-refractivity contribution in [3.63, 3.8) is 0 Å². The Bertz CT molecular complexity index is 1230. The summed E-state index contributed by atoms with van der Waals surface area (Å²) in [5.41, 5.74) is 3.61. The maximum absolute atomic E-state index is 13.1. The SMILES string of the molecule is O=C1CN(C(=O)c2ccc(-c3cccc4ccnn34)c3ccccc23)CCN1. The first-order chi connectivity index (χ1) is 13.7. The number of nitrogens with one attached hydrogen (secondary N) is 1. The fourth-order valence-corrected chi connectivity index (χ4v) is 3.84. The summed E-state index contributed by atoms with van der Waals surface area (Å²) in [6, 6.07) is 19.7. The molecule has 0 bridgehead atoms. The fourth-order valence-electron chi connectivity index (χ4n) is 3.84. The lowest BCUT2D eigenvalue weighted by atomic mass is 9.96. The Labute approximate surface area is 161 Å². The first-order valence-electron chi connectivity index (χ1n) is 9.23. The highest BCUT2D eigenvalue weighted by atomic mass is 16.2. The maximum atomic E-state index is 13.1. The monoisotopic (exact) mass is 370 g/mol. The lowest BCUT2D eigenvalue weighted by Gasteiger charge is -2.27. The molecule has 3 heterocycles. The highest BCUT2D eigenvalue weighted by Crippen LogP contribution is 2.31. The number of nitrogens with zero attached hydrogens (tertiary/aromatic N) is 3. The highest BCUT2D eigenvalue weighted by molar-refractivity contribution is 6.11. The molecule has 2 amide bonds. The number of pyridine rings is 1. The first kappa shape index (κ1) is 16.5. The molecular formula is C22H18N4O2. The van der Waals surface area contributed by atoms with Gasteiger partial charge in [-0.1, -0.05) is 36.4 Å². The third kappa shape index (κ3) is 2.62. The molecule has 6 nitrogen and oxygen atoms in total. The summed E-state index contributed by atoms with van der Waals surface area (Å²) in [6.45, 7) is 1.11. The lowest BCUT2D eigenvalue weighted by Crippen LogP contribution is -2.50. The Morgan fingerprint density at radius 3 is 2.68 bits per heavy atom. The minimum absolute atomic E-state index is 0.0987. The van der Waals surface area contributed by atoms with Crippen molar-refractivity contribution in [1.29, 1.82) is 0 Å². The average Bonchev–Trinajstić information content (AvgIpc) is 3.21. The standard InChI is InChI=1S/C22H18N4O2/c27-21-14-25(13-12-23-21)22(28)19-9-8-18(16-5-1-2-6-17(16)19)20-7-3-4-15-10-11-24-26(15)20/h1-11H,12-14H2,(H,23,27). The zero-order valence-electron chi connectivity index (χ0n) is 15.1. The van der Waals surface area contributed by atoms with E-state index in [0.717, 1.165) is 27.5 Å². The van der Waals surface area contributed by atoms with E-state index in [1.165, 1.54) is 0 Å². The van der Waals surface area contributed by atoms with Crippen LogP contribution >= 0.6 is 0 Å². The van der Waals surface area contributed by atoms with Crippen molar-refractivity contribution >= 4 is 28.1 Å². The second-order valence-corrected chi connectivity index (χ2v) is 6.86. The number of amides is 2. The first-order valence-corrected chi connectivity index (χ1v) is 9.23. The summed E-state index contributed by atoms with van der Waals surface area (Å²) in [5, 5.41) is 9.06. The van der Waals surface area contributed by atoms with Crippen LogP contribution in [0.2, 0.25) is 0 Å². The van der Waals surface area contributed by atoms with Gasteiger partial charge in [0.25, 0.3) is 5.91 Å². The normalized spacial score (nSPS) is 14.4. The summed E-state index contributed by atoms with van der Waals surface area (Å²) in [4.78, 5) is 26.4. The molecule has 1 saturated heterocycles. The Hall–Kier alpha value is -3.67. The third-order valence-electron chi connectivity index (χ3n) is 5.18. The van der Waals surface area contributed by atoms with Gasteiger partial charge in [0.2, 0.25) is 5.91 Å². The van der Waals surface area contributed by atoms with Gasteiger partial charge in [0.1, 0.15) is 0 Å². The minimum Gasteiger partial charge on any atom is -0.353 e. The number of rotatable bonds is 2. The van der Waals surface area contributed by atoms with Crippen LogP contribution in [-0.2, 0) is 4.79 Å². The molecule has 0 saturated carbocycles. The van der Waals surface area contributed by atoms with Gasteiger partial charge in [0.15, 0.2) is 0 Å². The van der Waals surface area contributed by atoms with E-state index >= 15 is 0 Å². The van der Waals surface area contributed by atoms with Crippen LogP contribution in [0.1, 0.15) is 10.4 Å². The molecule has 1 N–H and O–H groups in total. The van der Waals surface area contributed by atoms with Gasteiger partial charge in [-0.3, -0.25) is 9.59 Å². The molecule has 0 spiro atoms. The molecule has 1 aliphatic rings. The van der Waals surface area contributed by atoms with Crippen molar-refractivity contribution in [3.05, 3.63) is 72.4 Å². The van der Waals surface area contributed by atoms with Crippen LogP contribution in [0, 0.1) is 0 Å². The lowest BCUT2D eigenvalue weighted by molar-refractivity contribution is -0.123. The predicted octanol–water partition coefficient (Wildman–Crippen LogP) is 2.73. The van der Waals surface area contributed by atoms with E-state index in [9.17, 15) is 9.59 Å². The molecule has 0 aliphatic carbocycles. The number of fused-ring (bicyclic) bond motifs is 2. The van der Waals surface area contributed by atoms with Gasteiger partial charge >= 0.3 is 0 Å². The summed E-state index contributed by atoms with van der Waals surface area (Å²) in [5.74, 6) is -0.235. The van der Waals surface area contributed by atoms with E-state index in [2.05, 4.69) is 10.4 Å². The summed E-state index contributed by atoms with van der Waals surface area (Å²) in [7, 11) is 0. The van der Waals surface area contributed by atoms with E-state index in [1.54, 1.807) is 11.1 Å². The predicted molar refractivity (Wildman–Crippen MR) is 107 cm³/mol. The summed E-state index contributed by atoms with van der Waals surface area (Å²) in [6.07, 6.45) is 1.78. The van der Waals surface area contributed by atoms with Gasteiger partial charge in [0, 0.05) is 24.2 Å². The van der Waals surface area contributed by atoms with Crippen LogP contribution in [0.25, 0.3) is 27.5 Å². The second-order valence-electron chi connectivity index (χ2n) is 6.86. The number of carbonyl (C=O) groups is 2. The zero-order valence-corrected chi connectivity index (χ0v) is 15.1. The third-order valence-corrected chi connectivity index (χ3v) is 5.18. The van der Waals surface area contributed by atoms with Crippen LogP contribution in [0.4, 0.5) is 0 Å². The van der Waals surface area contributed by atoms with Gasteiger partial charge in [-0.05, 0) is 35.0 Å². The van der Waals surface area contributed by atoms with Gasteiger partial charge < -0.3 is 10.2 Å². The average molecular weight is 370 g/mol. The van der Waals surface area contributed by atoms with Crippen LogP contribution < -0.4 is 5.32 Å². The Morgan fingerprint density at radius 2 is 1.82 bits per heavy atom. The van der Waals surface area contributed by atoms with Gasteiger partial charge in [-0.25, -0.2) is 4.52 Å². The van der Waals surface area contributed by atoms with Crippen molar-refractivity contribution in [1.82, 2.24) is 19.8 Å². The molecule has 5 rings (SSSR count). The minimum atomic E-state index is -0.120. The Morgan fingerprint density at radius 1 is 0.964 bits per heavy atom. The van der Waals surface area contributed by atoms with E-state index in [1.807, 2.05) is 65.2 Å². The zero-order chi connectivity index (χ0) is 19.1. The molecule has 138 valence electrons. The number of piperazine rings is 1. The molecule has 28 heavy (non-hydrogen) atoms. The van der Waals surface area contributed by atoms with Crippen molar-refractivity contribution in [3.8, 4) is 11.3 Å². The molecule has 2 aromatic carbocycles. The summed E-state index contributed by atoms with van der Waals surface area (Å²) >= 11 is 0. The van der Waals surface area contributed by atoms with Crippen LogP contribution in [0.15, 0.2) is 66.9 Å². The molecule has 0 atom stereocenters. The summed E-state index contributed by atoms with van der Waals surface area (Å²) < 4.78 is 1.90. The Kier molecular flexibility index (Phi) is 3.83. The van der Waals surface area contributed by atoms with Crippen LogP contribution in [-0.4, -0.2) is 46.0 Å². The quantitative estimate of drug-likeness (QED) is 0.590. The molecule has 0 radical (unpaired) electrons. The molecule has 2 aromatic heterocycles. The number of hydrogen-bond donors (Lipinski definition) is 1. The van der Waals surface area contributed by atoms with Gasteiger partial charge in [-0.15, -0.1) is 0 Å². The topological polar surface area (TPSA) is 66.7 Å². The van der Waals surface area contributed by atoms with Crippen LogP contribution in [0.3, 0.4) is 0 Å². The fraction of sp³-hybridized carbons (Fsp3) is 0.136. The van der Waals surface area contributed by atoms with Crippen molar-refractivity contribution in [2.24, 2.45) is 0 Å². The molecule has 4 aromatic rings. The van der Waals surface area contributed by atoms with E-state index < -0.39 is 0 Å². The van der Waals surface area contributed by atoms with Gasteiger partial charge in [-0.2, -0.15) is 5.10 Å². The number of aromatic nitrogens is 2. The smallest absolute Gasteiger partial charge is 0.255 e. The molecular weight excluding hydrogens is 352 g/mol. The number of carbonyl (C=O) groups excluding carboxylic acids is 2. The van der Waals surface area contributed by atoms with E-state index in [-0.39, 0.29) is 18.4 Å². The van der Waals surface area contributed by atoms with Crippen molar-refractivity contribution in [2.75, 3.05) is 19.6 Å². The molecule has 0 unspecified atom stereocenters. The number of benzene rings is 2. The molecule has 6 heteroatoms. The van der Waals surface area contributed by atoms with E-state index in [0.29, 0.717) is 18.7 Å². The van der Waals surface area contributed by atoms with Gasteiger partial charge in [0.05, 0.1) is 24.0 Å². The largest absolute Gasteiger partial charge is 0.353 e. The van der Waals surface area contributed by atoms with Crippen LogP contribution in [0.5, 0.6) is 0 Å². The molecule has 1 aliphatic heterocycles. The maximum Gasteiger partial charge on any atom is 0.255 e. The highest BCUT2D eigenvalue weighted by Gasteiger charge is 2.24. The number of hydrogen-bond acceptors (Lipinski definition) is 3.